The molecule has 0 spiro atoms. The lowest BCUT2D eigenvalue weighted by Gasteiger charge is -2.33. The van der Waals surface area contributed by atoms with Crippen LogP contribution in [0, 0.1) is 11.7 Å². The van der Waals surface area contributed by atoms with Gasteiger partial charge in [-0.2, -0.15) is 0 Å². The molecule has 23 heavy (non-hydrogen) atoms. The normalized spacial score (nSPS) is 34.1. The van der Waals surface area contributed by atoms with Crippen molar-refractivity contribution in [1.29, 1.82) is 0 Å². The Hall–Kier alpha value is -1.42. The van der Waals surface area contributed by atoms with Crippen molar-refractivity contribution < 1.29 is 9.18 Å². The molecule has 4 rings (SSSR count). The van der Waals surface area contributed by atoms with E-state index in [0.717, 1.165) is 37.9 Å². The Morgan fingerprint density at radius 2 is 1.87 bits per heavy atom. The molecule has 0 N–H and O–H groups in total. The number of likely N-dealkylation sites (tertiary alicyclic amines) is 2. The number of halogens is 1. The van der Waals surface area contributed by atoms with Gasteiger partial charge in [-0.3, -0.25) is 4.79 Å². The van der Waals surface area contributed by atoms with Gasteiger partial charge in [0.25, 0.3) is 0 Å². The summed E-state index contributed by atoms with van der Waals surface area (Å²) >= 11 is 0. The zero-order chi connectivity index (χ0) is 16.0. The van der Waals surface area contributed by atoms with Gasteiger partial charge in [0.1, 0.15) is 5.82 Å². The van der Waals surface area contributed by atoms with Crippen LogP contribution in [-0.4, -0.2) is 47.9 Å². The van der Waals surface area contributed by atoms with Crippen molar-refractivity contribution in [3.05, 3.63) is 35.6 Å². The highest BCUT2D eigenvalue weighted by Crippen LogP contribution is 2.50. The van der Waals surface area contributed by atoms with Crippen LogP contribution < -0.4 is 0 Å². The van der Waals surface area contributed by atoms with Crippen LogP contribution in [0.5, 0.6) is 0 Å². The van der Waals surface area contributed by atoms with Crippen molar-refractivity contribution in [1.82, 2.24) is 9.80 Å². The fraction of sp³-hybridized carbons (Fsp3) is 0.632. The Kier molecular flexibility index (Phi) is 3.88. The molecule has 1 aromatic carbocycles. The molecule has 0 radical (unpaired) electrons. The maximum absolute atomic E-state index is 13.9. The molecule has 3 nitrogen and oxygen atoms in total. The molecule has 4 heteroatoms. The zero-order valence-electron chi connectivity index (χ0n) is 13.7. The van der Waals surface area contributed by atoms with Crippen LogP contribution in [0.1, 0.15) is 43.6 Å². The monoisotopic (exact) mass is 316 g/mol. The molecule has 2 heterocycles. The molecule has 3 aliphatic rings. The van der Waals surface area contributed by atoms with E-state index in [4.69, 9.17) is 0 Å². The highest BCUT2D eigenvalue weighted by molar-refractivity contribution is 5.83. The van der Waals surface area contributed by atoms with Crippen molar-refractivity contribution >= 4 is 5.91 Å². The second-order valence-corrected chi connectivity index (χ2v) is 7.40. The summed E-state index contributed by atoms with van der Waals surface area (Å²) < 4.78 is 13.9. The average Bonchev–Trinajstić information content (AvgIpc) is 2.97. The first-order chi connectivity index (χ1) is 11.2. The molecular weight excluding hydrogens is 291 g/mol. The smallest absolute Gasteiger partial charge is 0.226 e. The molecule has 1 saturated carbocycles. The lowest BCUT2D eigenvalue weighted by Crippen LogP contribution is -2.47. The Bertz CT molecular complexity index is 605. The van der Waals surface area contributed by atoms with E-state index in [0.29, 0.717) is 12.1 Å². The van der Waals surface area contributed by atoms with Crippen LogP contribution in [0.3, 0.4) is 0 Å². The van der Waals surface area contributed by atoms with Crippen molar-refractivity contribution in [2.45, 2.75) is 50.1 Å². The SMILES string of the molecule is CN1CCCC1C1CCCN1C(=O)C1CC1c1ccccc1F. The summed E-state index contributed by atoms with van der Waals surface area (Å²) in [6, 6.07) is 7.80. The number of amides is 1. The number of hydrogen-bond acceptors (Lipinski definition) is 2. The standard InChI is InChI=1S/C19H25FN2O/c1-21-10-4-8-17(21)18-9-5-11-22(18)19(23)15-12-14(15)13-6-2-3-7-16(13)20/h2-3,6-7,14-15,17-18H,4-5,8-12H2,1H3. The molecule has 4 unspecified atom stereocenters. The van der Waals surface area contributed by atoms with Crippen LogP contribution in [-0.2, 0) is 4.79 Å². The minimum Gasteiger partial charge on any atom is -0.338 e. The molecule has 0 aromatic heterocycles. The Balaban J connectivity index is 1.46. The molecule has 3 fully saturated rings. The maximum atomic E-state index is 13.9. The summed E-state index contributed by atoms with van der Waals surface area (Å²) in [7, 11) is 2.18. The number of rotatable bonds is 3. The number of carbonyl (C=O) groups is 1. The number of benzene rings is 1. The maximum Gasteiger partial charge on any atom is 0.226 e. The van der Waals surface area contributed by atoms with E-state index in [2.05, 4.69) is 16.8 Å². The third-order valence-electron chi connectivity index (χ3n) is 6.02. The second kappa shape index (κ2) is 5.90. The predicted octanol–water partition coefficient (Wildman–Crippen LogP) is 3.01. The van der Waals surface area contributed by atoms with E-state index in [9.17, 15) is 9.18 Å². The van der Waals surface area contributed by atoms with Gasteiger partial charge in [-0.05, 0) is 63.2 Å². The van der Waals surface area contributed by atoms with Gasteiger partial charge in [0.2, 0.25) is 5.91 Å². The largest absolute Gasteiger partial charge is 0.338 e. The summed E-state index contributed by atoms with van der Waals surface area (Å²) in [5, 5.41) is 0. The second-order valence-electron chi connectivity index (χ2n) is 7.40. The average molecular weight is 316 g/mol. The van der Waals surface area contributed by atoms with Gasteiger partial charge in [0.05, 0.1) is 0 Å². The van der Waals surface area contributed by atoms with Gasteiger partial charge >= 0.3 is 0 Å². The van der Waals surface area contributed by atoms with Gasteiger partial charge in [-0.1, -0.05) is 18.2 Å². The van der Waals surface area contributed by atoms with Crippen LogP contribution in [0.15, 0.2) is 24.3 Å². The van der Waals surface area contributed by atoms with Crippen LogP contribution in [0.4, 0.5) is 4.39 Å². The lowest BCUT2D eigenvalue weighted by molar-refractivity contribution is -0.134. The highest BCUT2D eigenvalue weighted by Gasteiger charge is 2.49. The first-order valence-electron chi connectivity index (χ1n) is 8.92. The first-order valence-corrected chi connectivity index (χ1v) is 8.92. The first kappa shape index (κ1) is 15.1. The molecule has 1 amide bonds. The van der Waals surface area contributed by atoms with E-state index >= 15 is 0 Å². The third kappa shape index (κ3) is 2.67. The fourth-order valence-corrected chi connectivity index (χ4v) is 4.69. The van der Waals surface area contributed by atoms with Crippen molar-refractivity contribution in [2.24, 2.45) is 5.92 Å². The van der Waals surface area contributed by atoms with E-state index in [-0.39, 0.29) is 23.6 Å². The minimum atomic E-state index is -0.165. The van der Waals surface area contributed by atoms with E-state index < -0.39 is 0 Å². The third-order valence-corrected chi connectivity index (χ3v) is 6.02. The Labute approximate surface area is 137 Å². The topological polar surface area (TPSA) is 23.6 Å². The summed E-state index contributed by atoms with van der Waals surface area (Å²) in [6.07, 6.45) is 5.48. The lowest BCUT2D eigenvalue weighted by atomic mass is 10.0. The molecule has 0 bridgehead atoms. The molecule has 1 aliphatic carbocycles. The van der Waals surface area contributed by atoms with Crippen molar-refractivity contribution in [3.63, 3.8) is 0 Å². The molecule has 4 atom stereocenters. The van der Waals surface area contributed by atoms with Gasteiger partial charge in [0, 0.05) is 24.5 Å². The number of hydrogen-bond donors (Lipinski definition) is 0. The van der Waals surface area contributed by atoms with Gasteiger partial charge < -0.3 is 9.80 Å². The number of likely N-dealkylation sites (N-methyl/N-ethyl adjacent to an activating group) is 1. The van der Waals surface area contributed by atoms with Gasteiger partial charge in [0.15, 0.2) is 0 Å². The van der Waals surface area contributed by atoms with Crippen molar-refractivity contribution in [2.75, 3.05) is 20.1 Å². The van der Waals surface area contributed by atoms with Crippen LogP contribution in [0.2, 0.25) is 0 Å². The summed E-state index contributed by atoms with van der Waals surface area (Å²) in [6.45, 7) is 2.03. The Morgan fingerprint density at radius 1 is 1.13 bits per heavy atom. The van der Waals surface area contributed by atoms with E-state index in [1.807, 2.05) is 12.1 Å². The Morgan fingerprint density at radius 3 is 2.61 bits per heavy atom. The summed E-state index contributed by atoms with van der Waals surface area (Å²) in [5.74, 6) is 0.188. The zero-order valence-corrected chi connectivity index (χ0v) is 13.7. The molecule has 124 valence electrons. The van der Waals surface area contributed by atoms with Crippen LogP contribution in [0.25, 0.3) is 0 Å². The van der Waals surface area contributed by atoms with E-state index in [1.165, 1.54) is 18.9 Å². The van der Waals surface area contributed by atoms with Gasteiger partial charge in [-0.15, -0.1) is 0 Å². The molecule has 2 saturated heterocycles. The number of carbonyl (C=O) groups excluding carboxylic acids is 1. The number of nitrogens with zero attached hydrogens (tertiary/aromatic N) is 2. The summed E-state index contributed by atoms with van der Waals surface area (Å²) in [4.78, 5) is 17.5. The molecule has 2 aliphatic heterocycles. The summed E-state index contributed by atoms with van der Waals surface area (Å²) in [5.41, 5.74) is 0.722. The van der Waals surface area contributed by atoms with Crippen LogP contribution >= 0.6 is 0 Å². The molecule has 1 aromatic rings. The highest BCUT2D eigenvalue weighted by atomic mass is 19.1. The van der Waals surface area contributed by atoms with Crippen molar-refractivity contribution in [3.8, 4) is 0 Å². The quantitative estimate of drug-likeness (QED) is 0.856. The van der Waals surface area contributed by atoms with Gasteiger partial charge in [-0.25, -0.2) is 4.39 Å². The van der Waals surface area contributed by atoms with E-state index in [1.54, 1.807) is 6.07 Å². The predicted molar refractivity (Wildman–Crippen MR) is 87.6 cm³/mol. The fourth-order valence-electron chi connectivity index (χ4n) is 4.69. The molecular formula is C19H25FN2O. The minimum absolute atomic E-state index is 0.000732.